The first-order valence-electron chi connectivity index (χ1n) is 7.73. The number of nitriles is 1. The van der Waals surface area contributed by atoms with Crippen molar-refractivity contribution in [3.8, 4) is 6.07 Å². The Kier molecular flexibility index (Phi) is 5.69. The fourth-order valence-electron chi connectivity index (χ4n) is 2.54. The number of nitrogens with zero attached hydrogens (tertiary/aromatic N) is 3. The molecule has 122 valence electrons. The van der Waals surface area contributed by atoms with Crippen LogP contribution in [-0.2, 0) is 4.79 Å². The average Bonchev–Trinajstić information content (AvgIpc) is 2.57. The van der Waals surface area contributed by atoms with Crippen LogP contribution < -0.4 is 0 Å². The topological polar surface area (TPSA) is 64.4 Å². The Labute approximate surface area is 135 Å². The maximum absolute atomic E-state index is 13.6. The first-order valence-corrected chi connectivity index (χ1v) is 7.73. The van der Waals surface area contributed by atoms with Crippen molar-refractivity contribution >= 4 is 11.8 Å². The van der Waals surface area contributed by atoms with Crippen LogP contribution >= 0.6 is 0 Å². The van der Waals surface area contributed by atoms with Gasteiger partial charge >= 0.3 is 0 Å². The lowest BCUT2D eigenvalue weighted by molar-refractivity contribution is -0.132. The third kappa shape index (κ3) is 4.28. The summed E-state index contributed by atoms with van der Waals surface area (Å²) in [6.07, 6.45) is 1.31. The van der Waals surface area contributed by atoms with E-state index in [1.165, 1.54) is 6.07 Å². The van der Waals surface area contributed by atoms with Crippen molar-refractivity contribution < 1.29 is 14.0 Å². The number of aryl methyl sites for hydroxylation is 1. The summed E-state index contributed by atoms with van der Waals surface area (Å²) < 4.78 is 13.6. The number of benzene rings is 1. The molecule has 0 bridgehead atoms. The second-order valence-corrected chi connectivity index (χ2v) is 5.65. The van der Waals surface area contributed by atoms with Gasteiger partial charge in [-0.15, -0.1) is 0 Å². The van der Waals surface area contributed by atoms with E-state index in [0.29, 0.717) is 56.6 Å². The zero-order valence-corrected chi connectivity index (χ0v) is 13.2. The Hall–Kier alpha value is -2.42. The van der Waals surface area contributed by atoms with Crippen molar-refractivity contribution in [2.75, 3.05) is 26.2 Å². The summed E-state index contributed by atoms with van der Waals surface area (Å²) in [5.41, 5.74) is 0.844. The molecule has 23 heavy (non-hydrogen) atoms. The molecular weight excluding hydrogens is 297 g/mol. The third-order valence-corrected chi connectivity index (χ3v) is 4.02. The number of hydrogen-bond acceptors (Lipinski definition) is 3. The zero-order valence-electron chi connectivity index (χ0n) is 13.2. The Morgan fingerprint density at radius 3 is 2.48 bits per heavy atom. The minimum Gasteiger partial charge on any atom is -0.339 e. The smallest absolute Gasteiger partial charge is 0.254 e. The maximum atomic E-state index is 13.6. The number of carbonyl (C=O) groups excluding carboxylic acids is 2. The van der Waals surface area contributed by atoms with Crippen LogP contribution in [0.15, 0.2) is 18.2 Å². The Morgan fingerprint density at radius 1 is 1.22 bits per heavy atom. The first-order chi connectivity index (χ1) is 11.0. The molecule has 0 radical (unpaired) electrons. The van der Waals surface area contributed by atoms with E-state index >= 15 is 0 Å². The van der Waals surface area contributed by atoms with Gasteiger partial charge in [0, 0.05) is 44.6 Å². The van der Waals surface area contributed by atoms with E-state index in [9.17, 15) is 14.0 Å². The summed E-state index contributed by atoms with van der Waals surface area (Å²) in [4.78, 5) is 27.7. The van der Waals surface area contributed by atoms with Crippen molar-refractivity contribution in [2.45, 2.75) is 26.2 Å². The summed E-state index contributed by atoms with van der Waals surface area (Å²) in [7, 11) is 0. The van der Waals surface area contributed by atoms with E-state index in [1.807, 2.05) is 6.07 Å². The van der Waals surface area contributed by atoms with Gasteiger partial charge in [-0.25, -0.2) is 4.39 Å². The van der Waals surface area contributed by atoms with Gasteiger partial charge in [0.1, 0.15) is 5.82 Å². The highest BCUT2D eigenvalue weighted by molar-refractivity contribution is 5.94. The Bertz CT molecular complexity index is 631. The van der Waals surface area contributed by atoms with Gasteiger partial charge < -0.3 is 9.80 Å². The van der Waals surface area contributed by atoms with Crippen LogP contribution in [0, 0.1) is 24.1 Å². The molecule has 0 atom stereocenters. The molecule has 0 saturated carbocycles. The van der Waals surface area contributed by atoms with Crippen LogP contribution in [0.3, 0.4) is 0 Å². The van der Waals surface area contributed by atoms with Crippen LogP contribution in [0.4, 0.5) is 4.39 Å². The third-order valence-electron chi connectivity index (χ3n) is 4.02. The number of piperazine rings is 1. The number of carbonyl (C=O) groups is 2. The lowest BCUT2D eigenvalue weighted by atomic mass is 10.1. The number of amides is 2. The number of unbranched alkanes of at least 4 members (excludes halogenated alkanes) is 1. The minimum absolute atomic E-state index is 0.0220. The highest BCUT2D eigenvalue weighted by Gasteiger charge is 2.24. The molecule has 2 rings (SSSR count). The molecule has 0 aromatic heterocycles. The van der Waals surface area contributed by atoms with Gasteiger partial charge in [0.05, 0.1) is 6.07 Å². The van der Waals surface area contributed by atoms with Gasteiger partial charge in [-0.05, 0) is 31.0 Å². The molecule has 0 spiro atoms. The number of halogens is 1. The van der Waals surface area contributed by atoms with Gasteiger partial charge in [0.15, 0.2) is 0 Å². The van der Waals surface area contributed by atoms with Crippen LogP contribution in [0.25, 0.3) is 0 Å². The van der Waals surface area contributed by atoms with E-state index in [0.717, 1.165) is 0 Å². The molecular formula is C17H20FN3O2. The SMILES string of the molecule is Cc1ccc(C(=O)N2CCN(C(=O)CCCC#N)CC2)cc1F. The standard InChI is InChI=1S/C17H20FN3O2/c1-13-5-6-14(12-15(13)18)17(23)21-10-8-20(9-11-21)16(22)4-2-3-7-19/h5-6,12H,2-4,8-11H2,1H3. The number of hydrogen-bond donors (Lipinski definition) is 0. The average molecular weight is 317 g/mol. The van der Waals surface area contributed by atoms with Crippen molar-refractivity contribution in [3.63, 3.8) is 0 Å². The minimum atomic E-state index is -0.387. The van der Waals surface area contributed by atoms with Gasteiger partial charge in [0.25, 0.3) is 5.91 Å². The Balaban J connectivity index is 1.88. The quantitative estimate of drug-likeness (QED) is 0.799. The molecule has 1 aromatic carbocycles. The second-order valence-electron chi connectivity index (χ2n) is 5.65. The van der Waals surface area contributed by atoms with E-state index in [1.54, 1.807) is 28.9 Å². The first kappa shape index (κ1) is 16.9. The van der Waals surface area contributed by atoms with Gasteiger partial charge in [-0.3, -0.25) is 9.59 Å². The van der Waals surface area contributed by atoms with Gasteiger partial charge in [0.2, 0.25) is 5.91 Å². The van der Waals surface area contributed by atoms with Crippen LogP contribution in [0.1, 0.15) is 35.2 Å². The molecule has 1 aliphatic rings. The fourth-order valence-corrected chi connectivity index (χ4v) is 2.54. The van der Waals surface area contributed by atoms with Crippen molar-refractivity contribution in [3.05, 3.63) is 35.1 Å². The fraction of sp³-hybridized carbons (Fsp3) is 0.471. The van der Waals surface area contributed by atoms with E-state index in [4.69, 9.17) is 5.26 Å². The van der Waals surface area contributed by atoms with Gasteiger partial charge in [-0.2, -0.15) is 5.26 Å². The Morgan fingerprint density at radius 2 is 1.87 bits per heavy atom. The maximum Gasteiger partial charge on any atom is 0.254 e. The highest BCUT2D eigenvalue weighted by Crippen LogP contribution is 2.14. The predicted octanol–water partition coefficient (Wildman–Crippen LogP) is 2.11. The largest absolute Gasteiger partial charge is 0.339 e. The molecule has 5 nitrogen and oxygen atoms in total. The normalized spacial score (nSPS) is 14.5. The molecule has 0 unspecified atom stereocenters. The van der Waals surface area contributed by atoms with E-state index < -0.39 is 0 Å². The summed E-state index contributed by atoms with van der Waals surface area (Å²) in [6, 6.07) is 6.50. The molecule has 1 aromatic rings. The molecule has 1 fully saturated rings. The summed E-state index contributed by atoms with van der Waals surface area (Å²) in [5.74, 6) is -0.573. The predicted molar refractivity (Wildman–Crippen MR) is 83.1 cm³/mol. The zero-order chi connectivity index (χ0) is 16.8. The summed E-state index contributed by atoms with van der Waals surface area (Å²) in [6.45, 7) is 3.49. The van der Waals surface area contributed by atoms with E-state index in [-0.39, 0.29) is 17.6 Å². The molecule has 0 aliphatic carbocycles. The highest BCUT2D eigenvalue weighted by atomic mass is 19.1. The molecule has 6 heteroatoms. The molecule has 1 heterocycles. The number of rotatable bonds is 4. The second kappa shape index (κ2) is 7.73. The molecule has 1 saturated heterocycles. The molecule has 1 aliphatic heterocycles. The summed E-state index contributed by atoms with van der Waals surface area (Å²) >= 11 is 0. The van der Waals surface area contributed by atoms with Crippen molar-refractivity contribution in [1.29, 1.82) is 5.26 Å². The lowest BCUT2D eigenvalue weighted by Crippen LogP contribution is -2.50. The van der Waals surface area contributed by atoms with Crippen LogP contribution in [0.5, 0.6) is 0 Å². The monoisotopic (exact) mass is 317 g/mol. The van der Waals surface area contributed by atoms with Gasteiger partial charge in [-0.1, -0.05) is 6.07 Å². The van der Waals surface area contributed by atoms with Crippen LogP contribution in [0.2, 0.25) is 0 Å². The summed E-state index contributed by atoms with van der Waals surface area (Å²) in [5, 5.41) is 8.48. The molecule has 0 N–H and O–H groups in total. The lowest BCUT2D eigenvalue weighted by Gasteiger charge is -2.35. The van der Waals surface area contributed by atoms with Crippen molar-refractivity contribution in [1.82, 2.24) is 9.80 Å². The molecule has 2 amide bonds. The van der Waals surface area contributed by atoms with Crippen LogP contribution in [-0.4, -0.2) is 47.8 Å². The van der Waals surface area contributed by atoms with Crippen molar-refractivity contribution in [2.24, 2.45) is 0 Å². The van der Waals surface area contributed by atoms with E-state index in [2.05, 4.69) is 0 Å².